The average molecular weight is 457 g/mol. The van der Waals surface area contributed by atoms with Gasteiger partial charge in [0, 0.05) is 43.8 Å². The molecule has 3 atom stereocenters. The van der Waals surface area contributed by atoms with Crippen LogP contribution >= 0.6 is 0 Å². The molecule has 3 unspecified atom stereocenters. The molecule has 182 valence electrons. The van der Waals surface area contributed by atoms with Gasteiger partial charge in [0.25, 0.3) is 5.91 Å². The molecular weight excluding hydrogens is 416 g/mol. The quantitative estimate of drug-likeness (QED) is 0.527. The monoisotopic (exact) mass is 456 g/mol. The first kappa shape index (κ1) is 24.2. The molecule has 2 saturated heterocycles. The van der Waals surface area contributed by atoms with Gasteiger partial charge in [-0.25, -0.2) is 0 Å². The molecule has 7 heteroatoms. The summed E-state index contributed by atoms with van der Waals surface area (Å²) in [4.78, 5) is 28.9. The zero-order valence-electron chi connectivity index (χ0n) is 19.7. The Hall–Kier alpha value is -1.96. The number of carbonyl (C=O) groups is 2. The minimum atomic E-state index is -1.10. The standard InChI is InChI=1S/C26H40N4O3/c27-16-24(31)26(33)29(17-18-5-2-1-3-6-18)11-12-30-22-9-10-23(30)15-21(14-22)19-7-4-8-20(13-19)25(28)32/h4,7-8,13,18,21-24,31H,1-3,5-6,9-12,14-17,27H2,(H2,28,32). The Morgan fingerprint density at radius 1 is 1.09 bits per heavy atom. The van der Waals surface area contributed by atoms with E-state index in [0.717, 1.165) is 25.9 Å². The molecule has 2 heterocycles. The Kier molecular flexibility index (Phi) is 8.04. The van der Waals surface area contributed by atoms with Crippen LogP contribution in [0.15, 0.2) is 24.3 Å². The number of aliphatic hydroxyl groups excluding tert-OH is 1. The van der Waals surface area contributed by atoms with Crippen molar-refractivity contribution in [2.24, 2.45) is 17.4 Å². The maximum atomic E-state index is 12.9. The number of hydrogen-bond donors (Lipinski definition) is 3. The van der Waals surface area contributed by atoms with E-state index < -0.39 is 6.10 Å². The highest BCUT2D eigenvalue weighted by atomic mass is 16.3. The van der Waals surface area contributed by atoms with Crippen LogP contribution in [0, 0.1) is 5.92 Å². The largest absolute Gasteiger partial charge is 0.382 e. The fourth-order valence-electron chi connectivity index (χ4n) is 6.38. The van der Waals surface area contributed by atoms with Gasteiger partial charge >= 0.3 is 0 Å². The minimum Gasteiger partial charge on any atom is -0.382 e. The van der Waals surface area contributed by atoms with Gasteiger partial charge in [-0.1, -0.05) is 31.4 Å². The highest BCUT2D eigenvalue weighted by Gasteiger charge is 2.41. The number of nitrogens with two attached hydrogens (primary N) is 2. The maximum absolute atomic E-state index is 12.9. The van der Waals surface area contributed by atoms with Crippen LogP contribution in [0.5, 0.6) is 0 Å². The number of fused-ring (bicyclic) bond motifs is 2. The number of nitrogens with zero attached hydrogens (tertiary/aromatic N) is 2. The third-order valence-electron chi connectivity index (χ3n) is 8.18. The van der Waals surface area contributed by atoms with Gasteiger partial charge in [0.1, 0.15) is 6.10 Å². The van der Waals surface area contributed by atoms with Crippen LogP contribution < -0.4 is 11.5 Å². The van der Waals surface area contributed by atoms with Gasteiger partial charge in [0.05, 0.1) is 0 Å². The van der Waals surface area contributed by atoms with Crippen LogP contribution in [-0.4, -0.2) is 71.1 Å². The number of aliphatic hydroxyl groups is 1. The number of piperidine rings is 1. The highest BCUT2D eigenvalue weighted by Crippen LogP contribution is 2.43. The number of hydrogen-bond acceptors (Lipinski definition) is 5. The van der Waals surface area contributed by atoms with Gasteiger partial charge < -0.3 is 21.5 Å². The summed E-state index contributed by atoms with van der Waals surface area (Å²) in [5.41, 5.74) is 12.9. The lowest BCUT2D eigenvalue weighted by Crippen LogP contribution is -2.50. The van der Waals surface area contributed by atoms with Gasteiger partial charge in [-0.15, -0.1) is 0 Å². The number of carbonyl (C=O) groups excluding carboxylic acids is 2. The molecule has 2 aliphatic heterocycles. The lowest BCUT2D eigenvalue weighted by molar-refractivity contribution is -0.140. The first-order chi connectivity index (χ1) is 16.0. The van der Waals surface area contributed by atoms with Crippen molar-refractivity contribution in [3.8, 4) is 0 Å². The van der Waals surface area contributed by atoms with Crippen LogP contribution in [0.25, 0.3) is 0 Å². The molecule has 2 amide bonds. The van der Waals surface area contributed by atoms with E-state index in [0.29, 0.717) is 36.0 Å². The summed E-state index contributed by atoms with van der Waals surface area (Å²) in [7, 11) is 0. The van der Waals surface area contributed by atoms with E-state index in [4.69, 9.17) is 11.5 Å². The zero-order valence-corrected chi connectivity index (χ0v) is 19.7. The van der Waals surface area contributed by atoms with Crippen molar-refractivity contribution in [1.82, 2.24) is 9.80 Å². The molecular formula is C26H40N4O3. The summed E-state index contributed by atoms with van der Waals surface area (Å²) in [6.07, 6.45) is 9.50. The number of rotatable bonds is 9. The maximum Gasteiger partial charge on any atom is 0.252 e. The summed E-state index contributed by atoms with van der Waals surface area (Å²) in [6.45, 7) is 2.21. The molecule has 3 fully saturated rings. The van der Waals surface area contributed by atoms with E-state index in [1.54, 1.807) is 6.07 Å². The minimum absolute atomic E-state index is 0.0268. The Morgan fingerprint density at radius 3 is 2.42 bits per heavy atom. The van der Waals surface area contributed by atoms with E-state index in [1.807, 2.05) is 17.0 Å². The summed E-state index contributed by atoms with van der Waals surface area (Å²) >= 11 is 0. The second-order valence-electron chi connectivity index (χ2n) is 10.3. The van der Waals surface area contributed by atoms with E-state index in [2.05, 4.69) is 11.0 Å². The second-order valence-corrected chi connectivity index (χ2v) is 10.3. The van der Waals surface area contributed by atoms with Crippen LogP contribution in [0.1, 0.15) is 79.6 Å². The fourth-order valence-corrected chi connectivity index (χ4v) is 6.38. The van der Waals surface area contributed by atoms with Crippen molar-refractivity contribution in [1.29, 1.82) is 0 Å². The van der Waals surface area contributed by atoms with Crippen molar-refractivity contribution in [2.75, 3.05) is 26.2 Å². The van der Waals surface area contributed by atoms with Crippen molar-refractivity contribution < 1.29 is 14.7 Å². The van der Waals surface area contributed by atoms with E-state index >= 15 is 0 Å². The molecule has 3 aliphatic rings. The van der Waals surface area contributed by atoms with Crippen molar-refractivity contribution in [2.45, 2.75) is 81.9 Å². The number of benzene rings is 1. The SMILES string of the molecule is NCC(O)C(=O)N(CCN1C2CCC1CC(c1cccc(C(N)=O)c1)C2)CC1CCCCC1. The predicted molar refractivity (Wildman–Crippen MR) is 129 cm³/mol. The molecule has 7 nitrogen and oxygen atoms in total. The summed E-state index contributed by atoms with van der Waals surface area (Å²) in [6, 6.07) is 8.78. The zero-order chi connectivity index (χ0) is 23.4. The van der Waals surface area contributed by atoms with Gasteiger partial charge in [-0.2, -0.15) is 0 Å². The van der Waals surface area contributed by atoms with E-state index in [-0.39, 0.29) is 18.4 Å². The van der Waals surface area contributed by atoms with Gasteiger partial charge in [-0.05, 0) is 68.1 Å². The molecule has 1 saturated carbocycles. The van der Waals surface area contributed by atoms with Crippen LogP contribution in [0.2, 0.25) is 0 Å². The first-order valence-corrected chi connectivity index (χ1v) is 12.8. The first-order valence-electron chi connectivity index (χ1n) is 12.8. The molecule has 0 aromatic heterocycles. The van der Waals surface area contributed by atoms with Crippen molar-refractivity contribution in [3.63, 3.8) is 0 Å². The Bertz CT molecular complexity index is 812. The predicted octanol–water partition coefficient (Wildman–Crippen LogP) is 2.22. The molecule has 33 heavy (non-hydrogen) atoms. The second kappa shape index (κ2) is 11.0. The fraction of sp³-hybridized carbons (Fsp3) is 0.692. The lowest BCUT2D eigenvalue weighted by atomic mass is 9.84. The van der Waals surface area contributed by atoms with E-state index in [9.17, 15) is 14.7 Å². The number of primary amides is 1. The normalized spacial score (nSPS) is 26.8. The average Bonchev–Trinajstić information content (AvgIpc) is 3.07. The molecule has 1 aromatic carbocycles. The Labute approximate surface area is 197 Å². The van der Waals surface area contributed by atoms with Crippen molar-refractivity contribution in [3.05, 3.63) is 35.4 Å². The van der Waals surface area contributed by atoms with Gasteiger partial charge in [-0.3, -0.25) is 14.5 Å². The molecule has 5 N–H and O–H groups in total. The molecule has 1 aliphatic carbocycles. The summed E-state index contributed by atoms with van der Waals surface area (Å²) in [5.74, 6) is 0.387. The lowest BCUT2D eigenvalue weighted by Gasteiger charge is -2.41. The van der Waals surface area contributed by atoms with Gasteiger partial charge in [0.2, 0.25) is 5.91 Å². The Morgan fingerprint density at radius 2 is 1.79 bits per heavy atom. The third-order valence-corrected chi connectivity index (χ3v) is 8.18. The molecule has 1 aromatic rings. The topological polar surface area (TPSA) is 113 Å². The molecule has 2 bridgehead atoms. The smallest absolute Gasteiger partial charge is 0.252 e. The van der Waals surface area contributed by atoms with Crippen LogP contribution in [0.4, 0.5) is 0 Å². The summed E-state index contributed by atoms with van der Waals surface area (Å²) < 4.78 is 0. The van der Waals surface area contributed by atoms with E-state index in [1.165, 1.54) is 50.5 Å². The van der Waals surface area contributed by atoms with Gasteiger partial charge in [0.15, 0.2) is 0 Å². The van der Waals surface area contributed by atoms with Crippen molar-refractivity contribution >= 4 is 11.8 Å². The van der Waals surface area contributed by atoms with Crippen LogP contribution in [-0.2, 0) is 4.79 Å². The third kappa shape index (κ3) is 5.76. The Balaban J connectivity index is 1.38. The molecule has 0 radical (unpaired) electrons. The highest BCUT2D eigenvalue weighted by molar-refractivity contribution is 5.92. The summed E-state index contributed by atoms with van der Waals surface area (Å²) in [5, 5.41) is 10.1. The molecule has 4 rings (SSSR count). The number of amides is 2. The molecule has 0 spiro atoms. The van der Waals surface area contributed by atoms with Crippen LogP contribution in [0.3, 0.4) is 0 Å².